The molecule has 0 unspecified atom stereocenters. The maximum atomic E-state index is 4.49. The summed E-state index contributed by atoms with van der Waals surface area (Å²) in [5.41, 5.74) is 0.986. The van der Waals surface area contributed by atoms with Crippen molar-refractivity contribution in [2.75, 3.05) is 17.7 Å². The molecule has 0 atom stereocenters. The van der Waals surface area contributed by atoms with E-state index in [0.717, 1.165) is 35.3 Å². The highest BCUT2D eigenvalue weighted by Crippen LogP contribution is 2.22. The van der Waals surface area contributed by atoms with E-state index >= 15 is 0 Å². The molecule has 0 spiro atoms. The maximum absolute atomic E-state index is 4.49. The Labute approximate surface area is 106 Å². The van der Waals surface area contributed by atoms with E-state index in [-0.39, 0.29) is 0 Å². The van der Waals surface area contributed by atoms with Crippen molar-refractivity contribution in [1.82, 2.24) is 19.7 Å². The number of rotatable bonds is 4. The monoisotopic (exact) mass is 246 g/mol. The van der Waals surface area contributed by atoms with Gasteiger partial charge >= 0.3 is 0 Å². The zero-order valence-electron chi connectivity index (χ0n) is 11.2. The Morgan fingerprint density at radius 3 is 2.56 bits per heavy atom. The van der Waals surface area contributed by atoms with Crippen LogP contribution in [0.5, 0.6) is 0 Å². The van der Waals surface area contributed by atoms with Gasteiger partial charge < -0.3 is 10.6 Å². The summed E-state index contributed by atoms with van der Waals surface area (Å²) in [5, 5.41) is 10.6. The summed E-state index contributed by atoms with van der Waals surface area (Å²) in [7, 11) is 3.74. The quantitative estimate of drug-likeness (QED) is 0.862. The van der Waals surface area contributed by atoms with E-state index in [2.05, 4.69) is 25.7 Å². The first kappa shape index (κ1) is 12.3. The molecule has 0 saturated carbocycles. The van der Waals surface area contributed by atoms with Gasteiger partial charge in [0, 0.05) is 38.3 Å². The summed E-state index contributed by atoms with van der Waals surface area (Å²) < 4.78 is 1.75. The second-order valence-corrected chi connectivity index (χ2v) is 4.07. The van der Waals surface area contributed by atoms with Crippen LogP contribution in [0.2, 0.25) is 0 Å². The van der Waals surface area contributed by atoms with E-state index in [0.29, 0.717) is 0 Å². The average molecular weight is 246 g/mol. The molecule has 2 N–H and O–H groups in total. The summed E-state index contributed by atoms with van der Waals surface area (Å²) in [5.74, 6) is 3.23. The van der Waals surface area contributed by atoms with Crippen molar-refractivity contribution >= 4 is 17.5 Å². The van der Waals surface area contributed by atoms with Crippen LogP contribution in [-0.4, -0.2) is 26.8 Å². The molecule has 0 aliphatic heterocycles. The lowest BCUT2D eigenvalue weighted by molar-refractivity contribution is 0.771. The van der Waals surface area contributed by atoms with Gasteiger partial charge in [0.15, 0.2) is 5.82 Å². The Kier molecular flexibility index (Phi) is 3.45. The maximum Gasteiger partial charge on any atom is 0.153 e. The molecular formula is C12H18N6. The van der Waals surface area contributed by atoms with Crippen molar-refractivity contribution in [2.24, 2.45) is 7.05 Å². The van der Waals surface area contributed by atoms with Crippen molar-refractivity contribution < 1.29 is 0 Å². The first-order valence-electron chi connectivity index (χ1n) is 5.96. The predicted molar refractivity (Wildman–Crippen MR) is 72.2 cm³/mol. The lowest BCUT2D eigenvalue weighted by atomic mass is 10.3. The van der Waals surface area contributed by atoms with Gasteiger partial charge in [-0.3, -0.25) is 4.68 Å². The molecule has 2 aromatic heterocycles. The molecule has 0 amide bonds. The Morgan fingerprint density at radius 2 is 2.00 bits per heavy atom. The van der Waals surface area contributed by atoms with Gasteiger partial charge in [-0.25, -0.2) is 9.97 Å². The molecular weight excluding hydrogens is 228 g/mol. The largest absolute Gasteiger partial charge is 0.373 e. The van der Waals surface area contributed by atoms with Gasteiger partial charge in [0.05, 0.1) is 0 Å². The van der Waals surface area contributed by atoms with Gasteiger partial charge in [-0.15, -0.1) is 0 Å². The lowest BCUT2D eigenvalue weighted by Gasteiger charge is -2.11. The number of aryl methyl sites for hydroxylation is 2. The van der Waals surface area contributed by atoms with Crippen LogP contribution in [0.1, 0.15) is 18.3 Å². The van der Waals surface area contributed by atoms with E-state index in [1.807, 2.05) is 40.2 Å². The fraction of sp³-hybridized carbons (Fsp3) is 0.417. The van der Waals surface area contributed by atoms with Gasteiger partial charge in [0.2, 0.25) is 0 Å². The molecule has 6 heteroatoms. The van der Waals surface area contributed by atoms with Crippen LogP contribution < -0.4 is 10.6 Å². The summed E-state index contributed by atoms with van der Waals surface area (Å²) in [6.07, 6.45) is 2.68. The fourth-order valence-electron chi connectivity index (χ4n) is 1.69. The van der Waals surface area contributed by atoms with Gasteiger partial charge in [0.25, 0.3) is 0 Å². The third kappa shape index (κ3) is 2.42. The van der Waals surface area contributed by atoms with Crippen molar-refractivity contribution in [1.29, 1.82) is 0 Å². The number of hydrogen-bond acceptors (Lipinski definition) is 5. The zero-order valence-corrected chi connectivity index (χ0v) is 11.2. The summed E-state index contributed by atoms with van der Waals surface area (Å²) >= 11 is 0. The van der Waals surface area contributed by atoms with Crippen LogP contribution in [0, 0.1) is 6.92 Å². The van der Waals surface area contributed by atoms with Gasteiger partial charge in [-0.05, 0) is 6.92 Å². The number of hydrogen-bond donors (Lipinski definition) is 2. The van der Waals surface area contributed by atoms with Crippen LogP contribution in [0.25, 0.3) is 0 Å². The number of nitrogens with one attached hydrogen (secondary N) is 2. The molecule has 2 heterocycles. The first-order chi connectivity index (χ1) is 8.63. The minimum Gasteiger partial charge on any atom is -0.373 e. The molecule has 2 rings (SSSR count). The zero-order chi connectivity index (χ0) is 13.1. The molecule has 0 aliphatic carbocycles. The fourth-order valence-corrected chi connectivity index (χ4v) is 1.69. The first-order valence-corrected chi connectivity index (χ1v) is 5.96. The van der Waals surface area contributed by atoms with Crippen LogP contribution in [0.3, 0.4) is 0 Å². The lowest BCUT2D eigenvalue weighted by Crippen LogP contribution is -2.07. The normalized spacial score (nSPS) is 10.4. The van der Waals surface area contributed by atoms with E-state index in [9.17, 15) is 0 Å². The summed E-state index contributed by atoms with van der Waals surface area (Å²) in [6.45, 7) is 4.02. The molecule has 0 aliphatic rings. The van der Waals surface area contributed by atoms with Crippen molar-refractivity contribution in [3.05, 3.63) is 23.7 Å². The van der Waals surface area contributed by atoms with Crippen LogP contribution in [0.15, 0.2) is 12.3 Å². The van der Waals surface area contributed by atoms with Crippen molar-refractivity contribution in [3.8, 4) is 0 Å². The molecule has 0 radical (unpaired) electrons. The minimum atomic E-state index is 0.781. The average Bonchev–Trinajstić information content (AvgIpc) is 2.77. The second-order valence-electron chi connectivity index (χ2n) is 4.07. The Balaban J connectivity index is 2.36. The molecule has 0 saturated heterocycles. The van der Waals surface area contributed by atoms with E-state index in [4.69, 9.17) is 0 Å². The van der Waals surface area contributed by atoms with E-state index < -0.39 is 0 Å². The van der Waals surface area contributed by atoms with Gasteiger partial charge in [0.1, 0.15) is 17.5 Å². The molecule has 6 nitrogen and oxygen atoms in total. The molecule has 18 heavy (non-hydrogen) atoms. The van der Waals surface area contributed by atoms with Crippen LogP contribution >= 0.6 is 0 Å². The van der Waals surface area contributed by atoms with Gasteiger partial charge in [-0.2, -0.15) is 5.10 Å². The van der Waals surface area contributed by atoms with Crippen LogP contribution in [0.4, 0.5) is 17.5 Å². The topological polar surface area (TPSA) is 67.7 Å². The molecule has 0 fully saturated rings. The van der Waals surface area contributed by atoms with Crippen molar-refractivity contribution in [3.63, 3.8) is 0 Å². The SMILES string of the molecule is CCc1nc(NC)c(C)c(Nc2ccn(C)n2)n1. The molecule has 96 valence electrons. The van der Waals surface area contributed by atoms with Gasteiger partial charge in [-0.1, -0.05) is 6.92 Å². The third-order valence-corrected chi connectivity index (χ3v) is 2.71. The second kappa shape index (κ2) is 5.03. The van der Waals surface area contributed by atoms with Crippen LogP contribution in [-0.2, 0) is 13.5 Å². The third-order valence-electron chi connectivity index (χ3n) is 2.71. The summed E-state index contributed by atoms with van der Waals surface area (Å²) in [6, 6.07) is 1.91. The smallest absolute Gasteiger partial charge is 0.153 e. The number of aromatic nitrogens is 4. The molecule has 0 bridgehead atoms. The Hall–Kier alpha value is -2.11. The standard InChI is InChI=1S/C12H18N6/c1-5-9-14-11(13-3)8(2)12(15-9)16-10-6-7-18(4)17-10/h6-7H,5H2,1-4H3,(H2,13,14,15,16,17). The molecule has 0 aromatic carbocycles. The highest BCUT2D eigenvalue weighted by molar-refractivity contribution is 5.62. The number of nitrogens with zero attached hydrogens (tertiary/aromatic N) is 4. The summed E-state index contributed by atoms with van der Waals surface area (Å²) in [4.78, 5) is 8.92. The Morgan fingerprint density at radius 1 is 1.28 bits per heavy atom. The van der Waals surface area contributed by atoms with E-state index in [1.54, 1.807) is 4.68 Å². The minimum absolute atomic E-state index is 0.781. The molecule has 2 aromatic rings. The van der Waals surface area contributed by atoms with E-state index in [1.165, 1.54) is 0 Å². The predicted octanol–water partition coefficient (Wildman–Crippen LogP) is 1.87. The van der Waals surface area contributed by atoms with Crippen molar-refractivity contribution in [2.45, 2.75) is 20.3 Å². The number of anilines is 3. The highest BCUT2D eigenvalue weighted by Gasteiger charge is 2.10. The highest BCUT2D eigenvalue weighted by atomic mass is 15.3. The Bertz CT molecular complexity index is 545.